The summed E-state index contributed by atoms with van der Waals surface area (Å²) in [4.78, 5) is 12.6. The third-order valence-corrected chi connectivity index (χ3v) is 6.62. The molecule has 3 aromatic carbocycles. The van der Waals surface area contributed by atoms with Gasteiger partial charge in [0.05, 0.1) is 12.5 Å². The normalized spacial score (nSPS) is 17.8. The van der Waals surface area contributed by atoms with Crippen LogP contribution in [0.15, 0.2) is 60.7 Å². The van der Waals surface area contributed by atoms with Crippen LogP contribution in [0.3, 0.4) is 0 Å². The van der Waals surface area contributed by atoms with Crippen molar-refractivity contribution in [1.82, 2.24) is 0 Å². The molecular formula is C30H29F3O3. The van der Waals surface area contributed by atoms with Crippen molar-refractivity contribution in [2.75, 3.05) is 6.61 Å². The zero-order valence-electron chi connectivity index (χ0n) is 20.4. The molecule has 1 aliphatic rings. The van der Waals surface area contributed by atoms with Crippen LogP contribution in [0.25, 0.3) is 17.2 Å². The molecule has 0 aliphatic heterocycles. The lowest BCUT2D eigenvalue weighted by molar-refractivity contribution is -0.140. The molecule has 3 aromatic rings. The summed E-state index contributed by atoms with van der Waals surface area (Å²) < 4.78 is 54.8. The van der Waals surface area contributed by atoms with Crippen molar-refractivity contribution >= 4 is 12.0 Å². The van der Waals surface area contributed by atoms with E-state index in [4.69, 9.17) is 9.47 Å². The summed E-state index contributed by atoms with van der Waals surface area (Å²) >= 11 is 0. The van der Waals surface area contributed by atoms with Crippen molar-refractivity contribution in [3.63, 3.8) is 0 Å². The highest BCUT2D eigenvalue weighted by molar-refractivity contribution is 5.75. The van der Waals surface area contributed by atoms with Crippen molar-refractivity contribution in [2.24, 2.45) is 5.92 Å². The Balaban J connectivity index is 1.40. The summed E-state index contributed by atoms with van der Waals surface area (Å²) in [7, 11) is 0. The summed E-state index contributed by atoms with van der Waals surface area (Å²) in [5, 5.41) is 0. The molecule has 1 fully saturated rings. The van der Waals surface area contributed by atoms with Gasteiger partial charge in [0.1, 0.15) is 5.75 Å². The summed E-state index contributed by atoms with van der Waals surface area (Å²) in [6, 6.07) is 14.6. The van der Waals surface area contributed by atoms with E-state index in [1.165, 1.54) is 12.1 Å². The molecule has 1 saturated carbocycles. The number of allylic oxidation sites excluding steroid dienone is 1. The SMILES string of the molecule is CC=Cc1ccc(-c2ccc(C3CCC(C(=O)Oc4ccc(OCC)cc4F)CC3)c(F)c2F)cc1. The molecule has 0 N–H and O–H groups in total. The smallest absolute Gasteiger partial charge is 0.314 e. The summed E-state index contributed by atoms with van der Waals surface area (Å²) in [6.07, 6.45) is 5.79. The number of halogens is 3. The molecule has 0 saturated heterocycles. The Morgan fingerprint density at radius 3 is 2.31 bits per heavy atom. The Morgan fingerprint density at radius 1 is 0.944 bits per heavy atom. The van der Waals surface area contributed by atoms with Crippen LogP contribution in [0.2, 0.25) is 0 Å². The molecule has 36 heavy (non-hydrogen) atoms. The second-order valence-corrected chi connectivity index (χ2v) is 8.95. The third-order valence-electron chi connectivity index (χ3n) is 6.62. The summed E-state index contributed by atoms with van der Waals surface area (Å²) in [6.45, 7) is 4.11. The molecule has 3 nitrogen and oxygen atoms in total. The Hall–Kier alpha value is -3.54. The van der Waals surface area contributed by atoms with Gasteiger partial charge in [-0.2, -0.15) is 0 Å². The molecule has 1 aliphatic carbocycles. The van der Waals surface area contributed by atoms with E-state index in [9.17, 15) is 9.18 Å². The van der Waals surface area contributed by atoms with E-state index < -0.39 is 29.3 Å². The average molecular weight is 495 g/mol. The van der Waals surface area contributed by atoms with Crippen LogP contribution in [0.5, 0.6) is 11.5 Å². The van der Waals surface area contributed by atoms with Crippen molar-refractivity contribution in [3.8, 4) is 22.6 Å². The van der Waals surface area contributed by atoms with E-state index >= 15 is 8.78 Å². The van der Waals surface area contributed by atoms with Crippen LogP contribution in [-0.4, -0.2) is 12.6 Å². The van der Waals surface area contributed by atoms with Gasteiger partial charge in [-0.05, 0) is 74.3 Å². The second-order valence-electron chi connectivity index (χ2n) is 8.95. The molecule has 6 heteroatoms. The number of carbonyl (C=O) groups is 1. The van der Waals surface area contributed by atoms with Crippen LogP contribution in [0.4, 0.5) is 13.2 Å². The summed E-state index contributed by atoms with van der Waals surface area (Å²) in [5.74, 6) is -3.29. The predicted molar refractivity (Wildman–Crippen MR) is 134 cm³/mol. The zero-order valence-corrected chi connectivity index (χ0v) is 20.4. The Morgan fingerprint density at radius 2 is 1.67 bits per heavy atom. The van der Waals surface area contributed by atoms with Gasteiger partial charge in [0.25, 0.3) is 0 Å². The van der Waals surface area contributed by atoms with Crippen LogP contribution in [0, 0.1) is 23.4 Å². The van der Waals surface area contributed by atoms with Gasteiger partial charge in [-0.1, -0.05) is 48.6 Å². The fourth-order valence-electron chi connectivity index (χ4n) is 4.72. The molecular weight excluding hydrogens is 465 g/mol. The quantitative estimate of drug-likeness (QED) is 0.246. The van der Waals surface area contributed by atoms with Crippen LogP contribution >= 0.6 is 0 Å². The average Bonchev–Trinajstić information content (AvgIpc) is 2.88. The van der Waals surface area contributed by atoms with Gasteiger partial charge in [0.15, 0.2) is 23.2 Å². The highest BCUT2D eigenvalue weighted by Gasteiger charge is 2.31. The maximum Gasteiger partial charge on any atom is 0.314 e. The lowest BCUT2D eigenvalue weighted by Gasteiger charge is -2.28. The first kappa shape index (κ1) is 25.5. The maximum atomic E-state index is 15.1. The Bertz CT molecular complexity index is 1240. The first-order chi connectivity index (χ1) is 17.4. The molecule has 0 amide bonds. The molecule has 0 spiro atoms. The number of hydrogen-bond acceptors (Lipinski definition) is 3. The molecule has 188 valence electrons. The molecule has 0 bridgehead atoms. The first-order valence-electron chi connectivity index (χ1n) is 12.3. The fourth-order valence-corrected chi connectivity index (χ4v) is 4.72. The highest BCUT2D eigenvalue weighted by atomic mass is 19.2. The standard InChI is InChI=1S/C30H29F3O3/c1-3-5-19-6-8-20(9-7-19)24-15-16-25(29(33)28(24)32)21-10-12-22(13-11-21)30(34)36-27-17-14-23(35-4-2)18-26(27)31/h3,5-9,14-18,21-22H,4,10-13H2,1-2H3. The molecule has 0 unspecified atom stereocenters. The molecule has 0 aromatic heterocycles. The van der Waals surface area contributed by atoms with Crippen LogP contribution in [-0.2, 0) is 4.79 Å². The monoisotopic (exact) mass is 494 g/mol. The summed E-state index contributed by atoms with van der Waals surface area (Å²) in [5.41, 5.74) is 2.14. The van der Waals surface area contributed by atoms with Gasteiger partial charge in [-0.3, -0.25) is 4.79 Å². The van der Waals surface area contributed by atoms with Gasteiger partial charge >= 0.3 is 5.97 Å². The van der Waals surface area contributed by atoms with Crippen molar-refractivity contribution in [1.29, 1.82) is 0 Å². The second kappa shape index (κ2) is 11.5. The predicted octanol–water partition coefficient (Wildman–Crippen LogP) is 8.08. The number of rotatable bonds is 7. The molecule has 0 atom stereocenters. The van der Waals surface area contributed by atoms with Crippen molar-refractivity contribution < 1.29 is 27.4 Å². The minimum absolute atomic E-state index is 0.145. The zero-order chi connectivity index (χ0) is 25.7. The van der Waals surface area contributed by atoms with Gasteiger partial charge in [0.2, 0.25) is 0 Å². The number of ether oxygens (including phenoxy) is 2. The molecule has 0 heterocycles. The Kier molecular flexibility index (Phi) is 8.14. The lowest BCUT2D eigenvalue weighted by atomic mass is 9.78. The van der Waals surface area contributed by atoms with Crippen molar-refractivity contribution in [2.45, 2.75) is 45.4 Å². The first-order valence-corrected chi connectivity index (χ1v) is 12.3. The van der Waals surface area contributed by atoms with Gasteiger partial charge < -0.3 is 9.47 Å². The third kappa shape index (κ3) is 5.64. The van der Waals surface area contributed by atoms with E-state index in [-0.39, 0.29) is 17.2 Å². The highest BCUT2D eigenvalue weighted by Crippen LogP contribution is 2.39. The fraction of sp³-hybridized carbons (Fsp3) is 0.300. The van der Waals surface area contributed by atoms with Gasteiger partial charge in [-0.15, -0.1) is 0 Å². The molecule has 4 rings (SSSR count). The van der Waals surface area contributed by atoms with Gasteiger partial charge in [0, 0.05) is 11.6 Å². The van der Waals surface area contributed by atoms with E-state index in [1.807, 2.05) is 31.2 Å². The van der Waals surface area contributed by atoms with Gasteiger partial charge in [-0.25, -0.2) is 13.2 Å². The largest absolute Gasteiger partial charge is 0.494 e. The van der Waals surface area contributed by atoms with Crippen molar-refractivity contribution in [3.05, 3.63) is 89.3 Å². The Labute approximate surface area is 209 Å². The van der Waals surface area contributed by atoms with E-state index in [1.54, 1.807) is 37.3 Å². The maximum absolute atomic E-state index is 15.1. The lowest BCUT2D eigenvalue weighted by Crippen LogP contribution is -2.25. The number of carbonyl (C=O) groups excluding carboxylic acids is 1. The number of esters is 1. The minimum Gasteiger partial charge on any atom is -0.494 e. The van der Waals surface area contributed by atoms with E-state index in [0.29, 0.717) is 49.2 Å². The van der Waals surface area contributed by atoms with E-state index in [0.717, 1.165) is 5.56 Å². The molecule has 0 radical (unpaired) electrons. The number of hydrogen-bond donors (Lipinski definition) is 0. The van der Waals surface area contributed by atoms with Crippen LogP contribution < -0.4 is 9.47 Å². The number of benzene rings is 3. The topological polar surface area (TPSA) is 35.5 Å². The minimum atomic E-state index is -0.862. The van der Waals surface area contributed by atoms with E-state index in [2.05, 4.69) is 0 Å². The van der Waals surface area contributed by atoms with Crippen LogP contribution in [0.1, 0.15) is 56.6 Å².